The van der Waals surface area contributed by atoms with E-state index in [0.717, 1.165) is 22.5 Å². The molecule has 6 rings (SSSR count). The van der Waals surface area contributed by atoms with E-state index in [9.17, 15) is 13.2 Å². The SMILES string of the molecule is O=C(Nc1ccc(S(=O)(=O)N2CCOCC2)cc1)c1ccc2nc(-c3ccccc3)c(-c3ccccc3)nc2c1. The Morgan fingerprint density at radius 1 is 0.725 bits per heavy atom. The van der Waals surface area contributed by atoms with Crippen LogP contribution in [0.25, 0.3) is 33.5 Å². The fraction of sp³-hybridized carbons (Fsp3) is 0.129. The molecule has 1 aromatic heterocycles. The third-order valence-electron chi connectivity index (χ3n) is 6.74. The minimum Gasteiger partial charge on any atom is -0.379 e. The number of fused-ring (bicyclic) bond motifs is 1. The zero-order chi connectivity index (χ0) is 27.5. The second-order valence-corrected chi connectivity index (χ2v) is 11.3. The van der Waals surface area contributed by atoms with Gasteiger partial charge >= 0.3 is 0 Å². The molecule has 4 aromatic carbocycles. The van der Waals surface area contributed by atoms with E-state index in [-0.39, 0.29) is 10.8 Å². The van der Waals surface area contributed by atoms with E-state index in [1.165, 1.54) is 16.4 Å². The first kappa shape index (κ1) is 25.8. The normalized spacial score (nSPS) is 14.2. The van der Waals surface area contributed by atoms with Crippen LogP contribution in [0.4, 0.5) is 5.69 Å². The van der Waals surface area contributed by atoms with Crippen LogP contribution in [-0.4, -0.2) is 54.9 Å². The summed E-state index contributed by atoms with van der Waals surface area (Å²) in [4.78, 5) is 23.2. The van der Waals surface area contributed by atoms with Crippen molar-refractivity contribution in [2.24, 2.45) is 0 Å². The Hall–Kier alpha value is -4.44. The highest BCUT2D eigenvalue weighted by Crippen LogP contribution is 2.31. The van der Waals surface area contributed by atoms with Crippen LogP contribution in [0.15, 0.2) is 108 Å². The Kier molecular flexibility index (Phi) is 7.08. The van der Waals surface area contributed by atoms with Crippen LogP contribution in [-0.2, 0) is 14.8 Å². The number of carbonyl (C=O) groups is 1. The van der Waals surface area contributed by atoms with E-state index < -0.39 is 10.0 Å². The average Bonchev–Trinajstić information content (AvgIpc) is 3.01. The molecule has 1 amide bonds. The van der Waals surface area contributed by atoms with Crippen molar-refractivity contribution >= 4 is 32.7 Å². The van der Waals surface area contributed by atoms with Crippen molar-refractivity contribution < 1.29 is 17.9 Å². The maximum atomic E-state index is 13.1. The Morgan fingerprint density at radius 3 is 1.90 bits per heavy atom. The lowest BCUT2D eigenvalue weighted by Gasteiger charge is -2.26. The first-order valence-electron chi connectivity index (χ1n) is 12.9. The summed E-state index contributed by atoms with van der Waals surface area (Å²) in [7, 11) is -3.61. The average molecular weight is 551 g/mol. The van der Waals surface area contributed by atoms with Crippen molar-refractivity contribution in [1.29, 1.82) is 0 Å². The lowest BCUT2D eigenvalue weighted by Crippen LogP contribution is -2.40. The van der Waals surface area contributed by atoms with Gasteiger partial charge in [-0.25, -0.2) is 18.4 Å². The number of morpholine rings is 1. The standard InChI is InChI=1S/C31H26N4O4S/c36-31(32-25-12-14-26(15-13-25)40(37,38)35-17-19-39-20-18-35)24-11-16-27-28(21-24)34-30(23-9-5-2-6-10-23)29(33-27)22-7-3-1-4-8-22/h1-16,21H,17-20H2,(H,32,36). The minimum atomic E-state index is -3.61. The Balaban J connectivity index is 1.28. The van der Waals surface area contributed by atoms with Crippen LogP contribution in [0, 0.1) is 0 Å². The van der Waals surface area contributed by atoms with Crippen molar-refractivity contribution in [2.75, 3.05) is 31.6 Å². The lowest BCUT2D eigenvalue weighted by atomic mass is 10.0. The molecule has 1 fully saturated rings. The van der Waals surface area contributed by atoms with Crippen molar-refractivity contribution in [1.82, 2.24) is 14.3 Å². The molecule has 5 aromatic rings. The molecule has 1 saturated heterocycles. The Labute approximate surface area is 232 Å². The third kappa shape index (κ3) is 5.22. The van der Waals surface area contributed by atoms with Crippen LogP contribution in [0.1, 0.15) is 10.4 Å². The number of carbonyl (C=O) groups excluding carboxylic acids is 1. The van der Waals surface area contributed by atoms with Crippen LogP contribution in [0.3, 0.4) is 0 Å². The van der Waals surface area contributed by atoms with E-state index in [0.29, 0.717) is 48.6 Å². The van der Waals surface area contributed by atoms with Gasteiger partial charge in [0.2, 0.25) is 10.0 Å². The summed E-state index contributed by atoms with van der Waals surface area (Å²) in [5, 5.41) is 2.85. The van der Waals surface area contributed by atoms with Crippen molar-refractivity contribution in [3.63, 3.8) is 0 Å². The molecule has 1 aliphatic rings. The third-order valence-corrected chi connectivity index (χ3v) is 8.65. The molecule has 0 bridgehead atoms. The van der Waals surface area contributed by atoms with Gasteiger partial charge in [0, 0.05) is 35.5 Å². The lowest BCUT2D eigenvalue weighted by molar-refractivity contribution is 0.0730. The number of sulfonamides is 1. The molecule has 0 spiro atoms. The second kappa shape index (κ2) is 11.0. The first-order valence-corrected chi connectivity index (χ1v) is 14.3. The van der Waals surface area contributed by atoms with Gasteiger partial charge in [0.1, 0.15) is 0 Å². The van der Waals surface area contributed by atoms with Gasteiger partial charge in [0.25, 0.3) is 5.91 Å². The molecule has 0 saturated carbocycles. The number of aromatic nitrogens is 2. The second-order valence-electron chi connectivity index (χ2n) is 9.35. The highest BCUT2D eigenvalue weighted by Gasteiger charge is 2.26. The monoisotopic (exact) mass is 550 g/mol. The molecule has 1 aliphatic heterocycles. The van der Waals surface area contributed by atoms with Gasteiger partial charge in [0.05, 0.1) is 40.5 Å². The number of benzene rings is 4. The van der Waals surface area contributed by atoms with Gasteiger partial charge < -0.3 is 10.1 Å². The van der Waals surface area contributed by atoms with Crippen molar-refractivity contribution in [2.45, 2.75) is 4.90 Å². The Morgan fingerprint density at radius 2 is 1.30 bits per heavy atom. The number of nitrogens with zero attached hydrogens (tertiary/aromatic N) is 3. The van der Waals surface area contributed by atoms with Crippen molar-refractivity contribution in [3.8, 4) is 22.5 Å². The predicted molar refractivity (Wildman–Crippen MR) is 154 cm³/mol. The van der Waals surface area contributed by atoms with E-state index in [4.69, 9.17) is 14.7 Å². The predicted octanol–water partition coefficient (Wildman–Crippen LogP) is 5.24. The summed E-state index contributed by atoms with van der Waals surface area (Å²) in [5.74, 6) is -0.333. The summed E-state index contributed by atoms with van der Waals surface area (Å²) in [6.45, 7) is 1.41. The summed E-state index contributed by atoms with van der Waals surface area (Å²) >= 11 is 0. The minimum absolute atomic E-state index is 0.177. The molecule has 0 radical (unpaired) electrons. The van der Waals surface area contributed by atoms with Crippen LogP contribution in [0.5, 0.6) is 0 Å². The molecule has 0 unspecified atom stereocenters. The van der Waals surface area contributed by atoms with E-state index in [1.54, 1.807) is 30.3 Å². The van der Waals surface area contributed by atoms with Crippen LogP contribution < -0.4 is 5.32 Å². The van der Waals surface area contributed by atoms with Crippen LogP contribution in [0.2, 0.25) is 0 Å². The number of nitrogens with one attached hydrogen (secondary N) is 1. The molecule has 8 nitrogen and oxygen atoms in total. The van der Waals surface area contributed by atoms with Crippen molar-refractivity contribution in [3.05, 3.63) is 109 Å². The molecule has 1 N–H and O–H groups in total. The topological polar surface area (TPSA) is 101 Å². The largest absolute Gasteiger partial charge is 0.379 e. The number of hydrogen-bond donors (Lipinski definition) is 1. The molecular formula is C31H26N4O4S. The maximum Gasteiger partial charge on any atom is 0.255 e. The summed E-state index contributed by atoms with van der Waals surface area (Å²) < 4.78 is 32.4. The van der Waals surface area contributed by atoms with Gasteiger partial charge in [-0.05, 0) is 42.5 Å². The highest BCUT2D eigenvalue weighted by atomic mass is 32.2. The maximum absolute atomic E-state index is 13.1. The number of anilines is 1. The zero-order valence-electron chi connectivity index (χ0n) is 21.5. The first-order chi connectivity index (χ1) is 19.5. The van der Waals surface area contributed by atoms with E-state index in [2.05, 4.69) is 5.32 Å². The van der Waals surface area contributed by atoms with Gasteiger partial charge in [-0.15, -0.1) is 0 Å². The molecule has 0 atom stereocenters. The molecular weight excluding hydrogens is 524 g/mol. The van der Waals surface area contributed by atoms with Gasteiger partial charge in [0.15, 0.2) is 0 Å². The summed E-state index contributed by atoms with van der Waals surface area (Å²) in [6, 6.07) is 31.1. The number of amides is 1. The zero-order valence-corrected chi connectivity index (χ0v) is 22.3. The molecule has 0 aliphatic carbocycles. The van der Waals surface area contributed by atoms with Gasteiger partial charge in [-0.1, -0.05) is 60.7 Å². The fourth-order valence-corrected chi connectivity index (χ4v) is 6.05. The van der Waals surface area contributed by atoms with Crippen LogP contribution >= 0.6 is 0 Å². The molecule has 2 heterocycles. The number of ether oxygens (including phenoxy) is 1. The molecule has 9 heteroatoms. The van der Waals surface area contributed by atoms with Gasteiger partial charge in [-0.2, -0.15) is 4.31 Å². The quantitative estimate of drug-likeness (QED) is 0.310. The summed E-state index contributed by atoms with van der Waals surface area (Å²) in [5.41, 5.74) is 5.55. The summed E-state index contributed by atoms with van der Waals surface area (Å²) in [6.07, 6.45) is 0. The molecule has 40 heavy (non-hydrogen) atoms. The molecule has 200 valence electrons. The van der Waals surface area contributed by atoms with Gasteiger partial charge in [-0.3, -0.25) is 4.79 Å². The number of hydrogen-bond acceptors (Lipinski definition) is 6. The number of rotatable bonds is 6. The fourth-order valence-electron chi connectivity index (χ4n) is 4.64. The van der Waals surface area contributed by atoms with E-state index in [1.807, 2.05) is 60.7 Å². The Bertz CT molecular complexity index is 1770. The van der Waals surface area contributed by atoms with E-state index >= 15 is 0 Å². The highest BCUT2D eigenvalue weighted by molar-refractivity contribution is 7.89. The smallest absolute Gasteiger partial charge is 0.255 e.